The number of benzene rings is 1. The molecule has 0 aliphatic carbocycles. The Morgan fingerprint density at radius 3 is 2.75 bits per heavy atom. The van der Waals surface area contributed by atoms with Crippen LogP contribution >= 0.6 is 0 Å². The van der Waals surface area contributed by atoms with Crippen molar-refractivity contribution < 1.29 is 5.21 Å². The zero-order chi connectivity index (χ0) is 11.4. The number of aliphatic imine (C=N–C) groups is 1. The first-order valence-electron chi connectivity index (χ1n) is 4.63. The summed E-state index contributed by atoms with van der Waals surface area (Å²) >= 11 is 0. The molecule has 1 aromatic rings. The highest BCUT2D eigenvalue weighted by Gasteiger charge is 2.10. The van der Waals surface area contributed by atoms with Crippen molar-refractivity contribution in [2.24, 2.45) is 10.2 Å². The Labute approximate surface area is 92.0 Å². The van der Waals surface area contributed by atoms with Gasteiger partial charge < -0.3 is 0 Å². The van der Waals surface area contributed by atoms with Crippen LogP contribution in [0.4, 0.5) is 0 Å². The Morgan fingerprint density at radius 2 is 2.06 bits per heavy atom. The Bertz CT molecular complexity index is 477. The van der Waals surface area contributed by atoms with Crippen LogP contribution in [-0.2, 0) is 0 Å². The average Bonchev–Trinajstić information content (AvgIpc) is 2.33. The highest BCUT2D eigenvalue weighted by atomic mass is 16.5. The van der Waals surface area contributed by atoms with Gasteiger partial charge >= 0.3 is 0 Å². The minimum absolute atomic E-state index is 0.281. The van der Waals surface area contributed by atoms with Crippen molar-refractivity contribution in [3.63, 3.8) is 0 Å². The Kier molecular flexibility index (Phi) is 2.88. The van der Waals surface area contributed by atoms with Crippen molar-refractivity contribution in [2.45, 2.75) is 0 Å². The van der Waals surface area contributed by atoms with Gasteiger partial charge in [-0.25, -0.2) is 10.1 Å². The van der Waals surface area contributed by atoms with Crippen LogP contribution in [0, 0.1) is 4.91 Å². The lowest BCUT2D eigenvalue weighted by atomic mass is 10.1. The number of hydroxylamine groups is 2. The van der Waals surface area contributed by atoms with E-state index in [1.54, 1.807) is 6.08 Å². The molecule has 0 saturated heterocycles. The van der Waals surface area contributed by atoms with Crippen LogP contribution in [0.3, 0.4) is 0 Å². The fourth-order valence-electron chi connectivity index (χ4n) is 1.34. The standard InChI is InChI=1S/C11H9N3O2/c15-13-7-10-6-11(12-8-14(10)16)9-4-2-1-3-5-9/h1-8,16H/b10-7-. The zero-order valence-corrected chi connectivity index (χ0v) is 8.32. The molecule has 80 valence electrons. The lowest BCUT2D eigenvalue weighted by Crippen LogP contribution is -2.18. The second kappa shape index (κ2) is 4.50. The first-order chi connectivity index (χ1) is 7.81. The van der Waals surface area contributed by atoms with E-state index in [1.165, 1.54) is 6.34 Å². The van der Waals surface area contributed by atoms with Gasteiger partial charge in [0.05, 0.1) is 17.6 Å². The van der Waals surface area contributed by atoms with Gasteiger partial charge in [-0.05, 0) is 11.3 Å². The van der Waals surface area contributed by atoms with E-state index in [9.17, 15) is 10.1 Å². The monoisotopic (exact) mass is 215 g/mol. The van der Waals surface area contributed by atoms with Crippen LogP contribution in [0.1, 0.15) is 5.56 Å². The average molecular weight is 215 g/mol. The summed E-state index contributed by atoms with van der Waals surface area (Å²) in [7, 11) is 0. The molecule has 0 bridgehead atoms. The summed E-state index contributed by atoms with van der Waals surface area (Å²) in [6.07, 6.45) is 3.82. The molecule has 0 atom stereocenters. The molecule has 16 heavy (non-hydrogen) atoms. The van der Waals surface area contributed by atoms with E-state index in [0.29, 0.717) is 5.70 Å². The van der Waals surface area contributed by atoms with Crippen molar-refractivity contribution >= 4 is 12.0 Å². The molecule has 0 radical (unpaired) electrons. The zero-order valence-electron chi connectivity index (χ0n) is 8.32. The molecule has 1 aliphatic rings. The quantitative estimate of drug-likeness (QED) is 0.770. The lowest BCUT2D eigenvalue weighted by Gasteiger charge is -2.16. The third-order valence-corrected chi connectivity index (χ3v) is 2.11. The number of nitrogens with zero attached hydrogens (tertiary/aromatic N) is 3. The third kappa shape index (κ3) is 2.04. The van der Waals surface area contributed by atoms with E-state index in [-0.39, 0.29) is 5.70 Å². The molecule has 0 saturated carbocycles. The maximum absolute atomic E-state index is 10.1. The summed E-state index contributed by atoms with van der Waals surface area (Å²) in [4.78, 5) is 14.2. The summed E-state index contributed by atoms with van der Waals surface area (Å²) < 4.78 is 0. The molecule has 1 aliphatic heterocycles. The lowest BCUT2D eigenvalue weighted by molar-refractivity contribution is 0.0322. The van der Waals surface area contributed by atoms with Crippen LogP contribution < -0.4 is 0 Å². The Hall–Kier alpha value is -2.27. The fraction of sp³-hybridized carbons (Fsp3) is 0. The predicted molar refractivity (Wildman–Crippen MR) is 60.4 cm³/mol. The highest BCUT2D eigenvalue weighted by molar-refractivity contribution is 5.78. The summed E-state index contributed by atoms with van der Waals surface area (Å²) in [6.45, 7) is 0. The molecule has 5 heteroatoms. The molecule has 2 rings (SSSR count). The minimum atomic E-state index is 0.281. The molecule has 0 unspecified atom stereocenters. The maximum Gasteiger partial charge on any atom is 0.122 e. The second-order valence-electron chi connectivity index (χ2n) is 3.14. The molecule has 5 nitrogen and oxygen atoms in total. The van der Waals surface area contributed by atoms with E-state index < -0.39 is 0 Å². The molecule has 1 heterocycles. The molecular formula is C11H9N3O2. The number of hydrogen-bond donors (Lipinski definition) is 1. The predicted octanol–water partition coefficient (Wildman–Crippen LogP) is 2.37. The smallest absolute Gasteiger partial charge is 0.122 e. The number of hydrogen-bond acceptors (Lipinski definition) is 5. The summed E-state index contributed by atoms with van der Waals surface area (Å²) in [5, 5.41) is 12.7. The van der Waals surface area contributed by atoms with Crippen LogP contribution in [0.15, 0.2) is 58.5 Å². The molecular weight excluding hydrogens is 206 g/mol. The van der Waals surface area contributed by atoms with Gasteiger partial charge in [0.2, 0.25) is 0 Å². The van der Waals surface area contributed by atoms with Crippen molar-refractivity contribution in [3.05, 3.63) is 58.8 Å². The van der Waals surface area contributed by atoms with Crippen LogP contribution in [0.5, 0.6) is 0 Å². The summed E-state index contributed by atoms with van der Waals surface area (Å²) in [5.41, 5.74) is 1.85. The normalized spacial score (nSPS) is 17.4. The molecule has 0 fully saturated rings. The maximum atomic E-state index is 10.1. The van der Waals surface area contributed by atoms with Crippen molar-refractivity contribution in [3.8, 4) is 0 Å². The minimum Gasteiger partial charge on any atom is -0.283 e. The van der Waals surface area contributed by atoms with E-state index in [4.69, 9.17) is 0 Å². The Morgan fingerprint density at radius 1 is 1.31 bits per heavy atom. The van der Waals surface area contributed by atoms with Gasteiger partial charge in [0.15, 0.2) is 0 Å². The van der Waals surface area contributed by atoms with Gasteiger partial charge in [0, 0.05) is 5.56 Å². The van der Waals surface area contributed by atoms with E-state index in [0.717, 1.165) is 16.8 Å². The van der Waals surface area contributed by atoms with E-state index in [2.05, 4.69) is 10.2 Å². The molecule has 1 aromatic carbocycles. The Balaban J connectivity index is 2.37. The van der Waals surface area contributed by atoms with Crippen LogP contribution in [0.25, 0.3) is 5.70 Å². The summed E-state index contributed by atoms with van der Waals surface area (Å²) in [6, 6.07) is 9.46. The molecule has 1 N–H and O–H groups in total. The SMILES string of the molecule is O=N/C=C1/C=C(c2ccccc2)N=CN1O. The van der Waals surface area contributed by atoms with Crippen molar-refractivity contribution in [2.75, 3.05) is 0 Å². The molecule has 0 amide bonds. The van der Waals surface area contributed by atoms with Gasteiger partial charge in [-0.3, -0.25) is 5.21 Å². The van der Waals surface area contributed by atoms with Crippen LogP contribution in [-0.4, -0.2) is 16.6 Å². The van der Waals surface area contributed by atoms with Crippen molar-refractivity contribution in [1.29, 1.82) is 0 Å². The topological polar surface area (TPSA) is 65.3 Å². The second-order valence-corrected chi connectivity index (χ2v) is 3.14. The van der Waals surface area contributed by atoms with Crippen LogP contribution in [0.2, 0.25) is 0 Å². The molecule has 0 aromatic heterocycles. The molecule has 0 spiro atoms. The number of nitroso groups, excluding NO2 is 1. The number of allylic oxidation sites excluding steroid dienone is 1. The summed E-state index contributed by atoms with van der Waals surface area (Å²) in [5.74, 6) is 0. The fourth-order valence-corrected chi connectivity index (χ4v) is 1.34. The van der Waals surface area contributed by atoms with E-state index in [1.807, 2.05) is 30.3 Å². The number of rotatable bonds is 2. The largest absolute Gasteiger partial charge is 0.283 e. The van der Waals surface area contributed by atoms with Gasteiger partial charge in [-0.15, -0.1) is 4.91 Å². The van der Waals surface area contributed by atoms with E-state index >= 15 is 0 Å². The third-order valence-electron chi connectivity index (χ3n) is 2.11. The van der Waals surface area contributed by atoms with Gasteiger partial charge in [0.1, 0.15) is 6.34 Å². The van der Waals surface area contributed by atoms with Gasteiger partial charge in [-0.1, -0.05) is 30.3 Å². The highest BCUT2D eigenvalue weighted by Crippen LogP contribution is 2.21. The van der Waals surface area contributed by atoms with Gasteiger partial charge in [0.25, 0.3) is 0 Å². The van der Waals surface area contributed by atoms with Gasteiger partial charge in [-0.2, -0.15) is 0 Å². The van der Waals surface area contributed by atoms with Crippen molar-refractivity contribution in [1.82, 2.24) is 5.06 Å². The first kappa shape index (κ1) is 10.3. The first-order valence-corrected chi connectivity index (χ1v) is 4.63.